The van der Waals surface area contributed by atoms with Crippen molar-refractivity contribution in [2.24, 2.45) is 5.92 Å². The maximum absolute atomic E-state index is 13.0. The van der Waals surface area contributed by atoms with Crippen LogP contribution < -0.4 is 16.0 Å². The van der Waals surface area contributed by atoms with Crippen molar-refractivity contribution in [1.29, 1.82) is 0 Å². The van der Waals surface area contributed by atoms with Gasteiger partial charge in [0, 0.05) is 18.8 Å². The first-order valence-corrected chi connectivity index (χ1v) is 11.6. The smallest absolute Gasteiger partial charge is 0.242 e. The van der Waals surface area contributed by atoms with Crippen LogP contribution in [0.5, 0.6) is 0 Å². The Morgan fingerprint density at radius 1 is 1.07 bits per heavy atom. The van der Waals surface area contributed by atoms with Gasteiger partial charge in [-0.3, -0.25) is 9.59 Å². The van der Waals surface area contributed by atoms with Gasteiger partial charge in [-0.2, -0.15) is 11.3 Å². The molecule has 0 radical (unpaired) electrons. The fourth-order valence-electron chi connectivity index (χ4n) is 3.90. The highest BCUT2D eigenvalue weighted by molar-refractivity contribution is 7.08. The van der Waals surface area contributed by atoms with Gasteiger partial charge < -0.3 is 16.0 Å². The summed E-state index contributed by atoms with van der Waals surface area (Å²) < 4.78 is 13.0. The number of hydrogen-bond acceptors (Lipinski definition) is 4. The third kappa shape index (κ3) is 7.44. The normalized spacial score (nSPS) is 15.4. The topological polar surface area (TPSA) is 70.2 Å². The molecular weight excluding hydrogens is 401 g/mol. The van der Waals surface area contributed by atoms with Crippen molar-refractivity contribution < 1.29 is 14.0 Å². The summed E-state index contributed by atoms with van der Waals surface area (Å²) in [6.07, 6.45) is 6.88. The second-order valence-electron chi connectivity index (χ2n) is 7.89. The molecule has 1 fully saturated rings. The van der Waals surface area contributed by atoms with E-state index in [2.05, 4.69) is 16.0 Å². The van der Waals surface area contributed by atoms with Crippen LogP contribution in [0, 0.1) is 11.7 Å². The van der Waals surface area contributed by atoms with Gasteiger partial charge in [-0.1, -0.05) is 32.1 Å². The molecule has 1 heterocycles. The minimum absolute atomic E-state index is 0.117. The van der Waals surface area contributed by atoms with Gasteiger partial charge in [0.1, 0.15) is 11.9 Å². The van der Waals surface area contributed by atoms with Crippen LogP contribution >= 0.6 is 11.3 Å². The number of hydrogen-bond donors (Lipinski definition) is 3. The monoisotopic (exact) mass is 431 g/mol. The summed E-state index contributed by atoms with van der Waals surface area (Å²) >= 11 is 1.56. The molecule has 1 aliphatic rings. The summed E-state index contributed by atoms with van der Waals surface area (Å²) in [5.74, 6) is -0.0557. The maximum Gasteiger partial charge on any atom is 0.242 e. The molecule has 1 aromatic heterocycles. The quantitative estimate of drug-likeness (QED) is 0.496. The SMILES string of the molecule is O=C(Cc1ccsc1)NC(CC1CCCCC1)C(=O)NCCNc1ccc(F)cc1. The van der Waals surface area contributed by atoms with Gasteiger partial charge in [-0.25, -0.2) is 4.39 Å². The van der Waals surface area contributed by atoms with Crippen LogP contribution in [0.15, 0.2) is 41.1 Å². The van der Waals surface area contributed by atoms with Crippen molar-refractivity contribution in [2.45, 2.75) is 51.0 Å². The van der Waals surface area contributed by atoms with Crippen LogP contribution in [0.25, 0.3) is 0 Å². The number of halogens is 1. The van der Waals surface area contributed by atoms with E-state index in [9.17, 15) is 14.0 Å². The second-order valence-corrected chi connectivity index (χ2v) is 8.67. The summed E-state index contributed by atoms with van der Waals surface area (Å²) in [6, 6.07) is 7.53. The molecule has 30 heavy (non-hydrogen) atoms. The van der Waals surface area contributed by atoms with Crippen molar-refractivity contribution in [3.8, 4) is 0 Å². The first kappa shape index (κ1) is 22.3. The standard InChI is InChI=1S/C23H30FN3O2S/c24-19-6-8-20(9-7-19)25-11-12-26-23(29)21(14-17-4-2-1-3-5-17)27-22(28)15-18-10-13-30-16-18/h6-10,13,16-17,21,25H,1-5,11-12,14-15H2,(H,26,29)(H,27,28). The van der Waals surface area contributed by atoms with E-state index in [4.69, 9.17) is 0 Å². The van der Waals surface area contributed by atoms with E-state index < -0.39 is 6.04 Å². The van der Waals surface area contributed by atoms with Crippen LogP contribution in [0.1, 0.15) is 44.1 Å². The van der Waals surface area contributed by atoms with Gasteiger partial charge in [0.05, 0.1) is 6.42 Å². The first-order chi connectivity index (χ1) is 14.6. The minimum atomic E-state index is -0.509. The molecule has 7 heteroatoms. The van der Waals surface area contributed by atoms with Gasteiger partial charge in [0.25, 0.3) is 0 Å². The molecule has 1 aromatic carbocycles. The lowest BCUT2D eigenvalue weighted by Crippen LogP contribution is -2.49. The summed E-state index contributed by atoms with van der Waals surface area (Å²) in [7, 11) is 0. The molecule has 0 saturated heterocycles. The van der Waals surface area contributed by atoms with Crippen molar-refractivity contribution in [3.63, 3.8) is 0 Å². The van der Waals surface area contributed by atoms with Crippen LogP contribution in [-0.2, 0) is 16.0 Å². The minimum Gasteiger partial charge on any atom is -0.383 e. The van der Waals surface area contributed by atoms with E-state index in [0.29, 0.717) is 31.8 Å². The number of carbonyl (C=O) groups is 2. The molecule has 0 aliphatic heterocycles. The lowest BCUT2D eigenvalue weighted by Gasteiger charge is -2.26. The van der Waals surface area contributed by atoms with E-state index in [1.54, 1.807) is 23.5 Å². The zero-order chi connectivity index (χ0) is 21.2. The van der Waals surface area contributed by atoms with Gasteiger partial charge in [0.2, 0.25) is 11.8 Å². The molecule has 3 rings (SSSR count). The molecule has 2 aromatic rings. The Labute approximate surface area is 181 Å². The molecule has 1 atom stereocenters. The third-order valence-electron chi connectivity index (χ3n) is 5.49. The summed E-state index contributed by atoms with van der Waals surface area (Å²) in [6.45, 7) is 0.953. The van der Waals surface area contributed by atoms with Crippen LogP contribution in [-0.4, -0.2) is 30.9 Å². The molecule has 162 valence electrons. The van der Waals surface area contributed by atoms with E-state index >= 15 is 0 Å². The summed E-state index contributed by atoms with van der Waals surface area (Å²) in [5, 5.41) is 12.9. The number of carbonyl (C=O) groups excluding carboxylic acids is 2. The second kappa shape index (κ2) is 11.7. The lowest BCUT2D eigenvalue weighted by molar-refractivity contribution is -0.129. The maximum atomic E-state index is 13.0. The fourth-order valence-corrected chi connectivity index (χ4v) is 4.56. The highest BCUT2D eigenvalue weighted by Crippen LogP contribution is 2.27. The molecule has 1 aliphatic carbocycles. The van der Waals surface area contributed by atoms with Crippen molar-refractivity contribution in [3.05, 3.63) is 52.5 Å². The Morgan fingerprint density at radius 2 is 1.83 bits per heavy atom. The van der Waals surface area contributed by atoms with Crippen molar-refractivity contribution in [1.82, 2.24) is 10.6 Å². The van der Waals surface area contributed by atoms with E-state index in [1.807, 2.05) is 16.8 Å². The number of rotatable bonds is 10. The lowest BCUT2D eigenvalue weighted by atomic mass is 9.84. The zero-order valence-corrected chi connectivity index (χ0v) is 18.0. The summed E-state index contributed by atoms with van der Waals surface area (Å²) in [5.41, 5.74) is 1.77. The molecule has 3 N–H and O–H groups in total. The number of anilines is 1. The molecule has 5 nitrogen and oxygen atoms in total. The highest BCUT2D eigenvalue weighted by atomic mass is 32.1. The van der Waals surface area contributed by atoms with Crippen molar-refractivity contribution in [2.75, 3.05) is 18.4 Å². The number of amides is 2. The van der Waals surface area contributed by atoms with Crippen molar-refractivity contribution >= 4 is 28.8 Å². The van der Waals surface area contributed by atoms with E-state index in [0.717, 1.165) is 24.1 Å². The predicted molar refractivity (Wildman–Crippen MR) is 119 cm³/mol. The fraction of sp³-hybridized carbons (Fsp3) is 0.478. The molecule has 2 amide bonds. The summed E-state index contributed by atoms with van der Waals surface area (Å²) in [4.78, 5) is 25.3. The Bertz CT molecular complexity index is 789. The Hall–Kier alpha value is -2.41. The molecule has 0 bridgehead atoms. The van der Waals surface area contributed by atoms with Crippen LogP contribution in [0.4, 0.5) is 10.1 Å². The van der Waals surface area contributed by atoms with Crippen LogP contribution in [0.3, 0.4) is 0 Å². The molecule has 1 unspecified atom stereocenters. The average Bonchev–Trinajstić information content (AvgIpc) is 3.25. The molecular formula is C23H30FN3O2S. The number of thiophene rings is 1. The third-order valence-corrected chi connectivity index (χ3v) is 6.22. The van der Waals surface area contributed by atoms with Gasteiger partial charge in [-0.05, 0) is 59.0 Å². The first-order valence-electron chi connectivity index (χ1n) is 10.7. The Balaban J connectivity index is 1.49. The van der Waals surface area contributed by atoms with Gasteiger partial charge in [0.15, 0.2) is 0 Å². The number of nitrogens with one attached hydrogen (secondary N) is 3. The molecule has 1 saturated carbocycles. The predicted octanol–water partition coefficient (Wildman–Crippen LogP) is 4.11. The largest absolute Gasteiger partial charge is 0.383 e. The molecule has 0 spiro atoms. The van der Waals surface area contributed by atoms with Gasteiger partial charge >= 0.3 is 0 Å². The number of benzene rings is 1. The van der Waals surface area contributed by atoms with Crippen LogP contribution in [0.2, 0.25) is 0 Å². The highest BCUT2D eigenvalue weighted by Gasteiger charge is 2.25. The average molecular weight is 432 g/mol. The van der Waals surface area contributed by atoms with E-state index in [-0.39, 0.29) is 17.6 Å². The zero-order valence-electron chi connectivity index (χ0n) is 17.2. The Morgan fingerprint density at radius 3 is 2.53 bits per heavy atom. The van der Waals surface area contributed by atoms with Gasteiger partial charge in [-0.15, -0.1) is 0 Å². The van der Waals surface area contributed by atoms with E-state index in [1.165, 1.54) is 31.4 Å². The Kier molecular flexibility index (Phi) is 8.68.